The van der Waals surface area contributed by atoms with E-state index in [0.29, 0.717) is 22.3 Å². The van der Waals surface area contributed by atoms with Crippen LogP contribution in [-0.2, 0) is 33.6 Å². The normalized spacial score (nSPS) is 13.0. The Bertz CT molecular complexity index is 3090. The maximum atomic E-state index is 15.3. The summed E-state index contributed by atoms with van der Waals surface area (Å²) in [7, 11) is 0. The van der Waals surface area contributed by atoms with Crippen LogP contribution < -0.4 is 10.6 Å². The molecule has 2 amide bonds. The zero-order valence-corrected chi connectivity index (χ0v) is 38.7. The fourth-order valence-electron chi connectivity index (χ4n) is 9.93. The van der Waals surface area contributed by atoms with Crippen molar-refractivity contribution in [2.24, 2.45) is 5.41 Å². The van der Waals surface area contributed by atoms with Gasteiger partial charge in [0.25, 0.3) is 0 Å². The monoisotopic (exact) mass is 902 g/mol. The van der Waals surface area contributed by atoms with Gasteiger partial charge in [0.1, 0.15) is 16.6 Å². The van der Waals surface area contributed by atoms with Crippen molar-refractivity contribution in [1.29, 1.82) is 0 Å². The number of benzene rings is 10. The first kappa shape index (κ1) is 44.9. The number of carbonyl (C=O) groups excluding carboxylic acids is 2. The van der Waals surface area contributed by atoms with E-state index >= 15 is 9.59 Å². The SMILES string of the molecule is CC(C)(C(=O)N[C@@H](Cc1ccccc1)C(O)(c1ccc2ccccc2c1)c1ccc2ccccc2c1)C(=O)N[C@@H](Cc1ccccc1)C(O)(c1ccc2ccccc2c1)c1ccc2ccccc2c1. The zero-order chi connectivity index (χ0) is 47.6. The van der Waals surface area contributed by atoms with Gasteiger partial charge >= 0.3 is 0 Å². The van der Waals surface area contributed by atoms with Gasteiger partial charge in [0.15, 0.2) is 0 Å². The van der Waals surface area contributed by atoms with Gasteiger partial charge in [0.05, 0.1) is 12.1 Å². The summed E-state index contributed by atoms with van der Waals surface area (Å²) in [6, 6.07) is 73.3. The molecule has 4 N–H and O–H groups in total. The van der Waals surface area contributed by atoms with E-state index < -0.39 is 40.5 Å². The second-order valence-corrected chi connectivity index (χ2v) is 18.8. The van der Waals surface area contributed by atoms with Crippen LogP contribution in [0.4, 0.5) is 0 Å². The maximum absolute atomic E-state index is 15.3. The molecule has 0 saturated heterocycles. The predicted molar refractivity (Wildman–Crippen MR) is 280 cm³/mol. The first-order valence-corrected chi connectivity index (χ1v) is 23.6. The molecule has 0 fully saturated rings. The molecule has 6 heteroatoms. The number of fused-ring (bicyclic) bond motifs is 4. The molecule has 0 spiro atoms. The average molecular weight is 903 g/mol. The fourth-order valence-corrected chi connectivity index (χ4v) is 9.93. The molecule has 10 aromatic rings. The summed E-state index contributed by atoms with van der Waals surface area (Å²) in [6.45, 7) is 3.21. The predicted octanol–water partition coefficient (Wildman–Crippen LogP) is 12.0. The number of nitrogens with one attached hydrogen (secondary N) is 2. The Hall–Kier alpha value is -7.90. The van der Waals surface area contributed by atoms with Crippen molar-refractivity contribution < 1.29 is 19.8 Å². The molecule has 0 aliphatic heterocycles. The largest absolute Gasteiger partial charge is 0.378 e. The third-order valence-electron chi connectivity index (χ3n) is 14.1. The first-order chi connectivity index (χ1) is 33.5. The van der Waals surface area contributed by atoms with Crippen LogP contribution in [-0.4, -0.2) is 34.1 Å². The summed E-state index contributed by atoms with van der Waals surface area (Å²) < 4.78 is 0. The lowest BCUT2D eigenvalue weighted by Crippen LogP contribution is -2.60. The van der Waals surface area contributed by atoms with Crippen LogP contribution >= 0.6 is 0 Å². The van der Waals surface area contributed by atoms with Gasteiger partial charge in [-0.25, -0.2) is 0 Å². The molecule has 340 valence electrons. The van der Waals surface area contributed by atoms with Gasteiger partial charge in [-0.05, 0) is 127 Å². The van der Waals surface area contributed by atoms with Crippen molar-refractivity contribution in [3.05, 3.63) is 264 Å². The Balaban J connectivity index is 1.07. The van der Waals surface area contributed by atoms with Crippen LogP contribution in [0.3, 0.4) is 0 Å². The smallest absolute Gasteiger partial charge is 0.235 e. The molecule has 0 aliphatic rings. The Morgan fingerprint density at radius 3 is 0.884 bits per heavy atom. The van der Waals surface area contributed by atoms with E-state index in [0.717, 1.165) is 54.2 Å². The van der Waals surface area contributed by atoms with Gasteiger partial charge in [-0.1, -0.05) is 206 Å². The summed E-state index contributed by atoms with van der Waals surface area (Å²) >= 11 is 0. The molecule has 0 radical (unpaired) electrons. The molecule has 2 atom stereocenters. The lowest BCUT2D eigenvalue weighted by atomic mass is 9.75. The Labute approximate surface area is 402 Å². The zero-order valence-electron chi connectivity index (χ0n) is 38.7. The molecule has 0 aromatic heterocycles. The molecule has 10 rings (SSSR count). The number of carbonyl (C=O) groups is 2. The molecule has 10 aromatic carbocycles. The van der Waals surface area contributed by atoms with E-state index in [2.05, 4.69) is 10.6 Å². The summed E-state index contributed by atoms with van der Waals surface area (Å²) in [5, 5.41) is 41.8. The average Bonchev–Trinajstić information content (AvgIpc) is 3.39. The topological polar surface area (TPSA) is 98.7 Å². The van der Waals surface area contributed by atoms with Crippen molar-refractivity contribution in [3.8, 4) is 0 Å². The third-order valence-corrected chi connectivity index (χ3v) is 14.1. The van der Waals surface area contributed by atoms with Crippen LogP contribution in [0.5, 0.6) is 0 Å². The quantitative estimate of drug-likeness (QED) is 0.0817. The van der Waals surface area contributed by atoms with Crippen LogP contribution in [0.25, 0.3) is 43.1 Å². The minimum atomic E-state index is -1.78. The van der Waals surface area contributed by atoms with Crippen LogP contribution in [0.15, 0.2) is 231 Å². The second-order valence-electron chi connectivity index (χ2n) is 18.8. The first-order valence-electron chi connectivity index (χ1n) is 23.6. The lowest BCUT2D eigenvalue weighted by Gasteiger charge is -2.41. The van der Waals surface area contributed by atoms with Crippen LogP contribution in [0.2, 0.25) is 0 Å². The van der Waals surface area contributed by atoms with Crippen molar-refractivity contribution in [2.45, 2.75) is 50.0 Å². The minimum Gasteiger partial charge on any atom is -0.378 e. The van der Waals surface area contributed by atoms with Crippen molar-refractivity contribution >= 4 is 54.9 Å². The van der Waals surface area contributed by atoms with Crippen molar-refractivity contribution in [1.82, 2.24) is 10.6 Å². The second kappa shape index (κ2) is 18.6. The number of amides is 2. The summed E-state index contributed by atoms with van der Waals surface area (Å²) in [5.41, 5.74) is -1.11. The van der Waals surface area contributed by atoms with Crippen LogP contribution in [0.1, 0.15) is 47.2 Å². The summed E-state index contributed by atoms with van der Waals surface area (Å²) in [4.78, 5) is 30.6. The highest BCUT2D eigenvalue weighted by atomic mass is 16.3. The molecule has 0 bridgehead atoms. The van der Waals surface area contributed by atoms with E-state index in [1.165, 1.54) is 0 Å². The lowest BCUT2D eigenvalue weighted by molar-refractivity contribution is -0.144. The molecule has 69 heavy (non-hydrogen) atoms. The van der Waals surface area contributed by atoms with Crippen molar-refractivity contribution in [3.63, 3.8) is 0 Å². The van der Waals surface area contributed by atoms with Crippen LogP contribution in [0, 0.1) is 5.41 Å². The third kappa shape index (κ3) is 8.77. The van der Waals surface area contributed by atoms with E-state index in [4.69, 9.17) is 0 Å². The maximum Gasteiger partial charge on any atom is 0.235 e. The molecule has 6 nitrogen and oxygen atoms in total. The van der Waals surface area contributed by atoms with E-state index in [1.807, 2.05) is 231 Å². The standard InChI is InChI=1S/C63H54N2O4/c1-61(2,59(66)64-57(37-43-17-5-3-6-18-43)62(68,53-33-29-45-21-9-13-25-49(45)39-53)54-34-30-46-22-10-14-26-50(46)40-54)60(67)65-58(38-44-19-7-4-8-20-44)63(69,55-35-31-47-23-11-15-27-51(47)41-55)56-36-32-48-24-12-16-28-52(48)42-56/h3-36,39-42,57-58,68-69H,37-38H2,1-2H3,(H,64,66)(H,65,67)/t57-,58-/m0/s1. The number of hydrogen-bond acceptors (Lipinski definition) is 4. The number of hydrogen-bond donors (Lipinski definition) is 4. The van der Waals surface area contributed by atoms with Gasteiger partial charge in [-0.3, -0.25) is 9.59 Å². The highest BCUT2D eigenvalue weighted by Crippen LogP contribution is 2.41. The van der Waals surface area contributed by atoms with E-state index in [1.54, 1.807) is 13.8 Å². The highest BCUT2D eigenvalue weighted by Gasteiger charge is 2.48. The summed E-state index contributed by atoms with van der Waals surface area (Å²) in [5.74, 6) is -1.17. The minimum absolute atomic E-state index is 0.237. The molecule has 0 aliphatic carbocycles. The number of rotatable bonds is 14. The summed E-state index contributed by atoms with van der Waals surface area (Å²) in [6.07, 6.45) is 0.474. The molecule has 0 saturated carbocycles. The van der Waals surface area contributed by atoms with Gasteiger partial charge in [0, 0.05) is 0 Å². The highest BCUT2D eigenvalue weighted by molar-refractivity contribution is 6.04. The Kier molecular flexibility index (Phi) is 12.1. The van der Waals surface area contributed by atoms with Gasteiger partial charge in [-0.2, -0.15) is 0 Å². The molecular formula is C63H54N2O4. The van der Waals surface area contributed by atoms with Gasteiger partial charge < -0.3 is 20.8 Å². The van der Waals surface area contributed by atoms with Gasteiger partial charge in [-0.15, -0.1) is 0 Å². The Morgan fingerprint density at radius 2 is 0.609 bits per heavy atom. The van der Waals surface area contributed by atoms with Gasteiger partial charge in [0.2, 0.25) is 11.8 Å². The fraction of sp³-hybridized carbons (Fsp3) is 0.143. The molecule has 0 heterocycles. The van der Waals surface area contributed by atoms with E-state index in [9.17, 15) is 10.2 Å². The molecule has 0 unspecified atom stereocenters. The Morgan fingerprint density at radius 1 is 0.362 bits per heavy atom. The number of aliphatic hydroxyl groups is 2. The van der Waals surface area contributed by atoms with E-state index in [-0.39, 0.29) is 12.8 Å². The van der Waals surface area contributed by atoms with Crippen molar-refractivity contribution in [2.75, 3.05) is 0 Å². The molecular weight excluding hydrogens is 849 g/mol.